The van der Waals surface area contributed by atoms with E-state index in [-0.39, 0.29) is 12.1 Å². The van der Waals surface area contributed by atoms with Crippen LogP contribution >= 0.6 is 0 Å². The molecule has 12 aromatic carbocycles. The van der Waals surface area contributed by atoms with Crippen molar-refractivity contribution in [3.05, 3.63) is 308 Å². The second-order valence-corrected chi connectivity index (χ2v) is 25.2. The molecule has 5 nitrogen and oxygen atoms in total. The molecule has 0 radical (unpaired) electrons. The van der Waals surface area contributed by atoms with Crippen LogP contribution < -0.4 is 30.9 Å². The van der Waals surface area contributed by atoms with Crippen molar-refractivity contribution in [3.63, 3.8) is 0 Å². The minimum absolute atomic E-state index is 0.0461. The second kappa shape index (κ2) is 22.0. The zero-order chi connectivity index (χ0) is 60.6. The van der Waals surface area contributed by atoms with Crippen LogP contribution in [-0.2, 0) is 5.41 Å². The van der Waals surface area contributed by atoms with E-state index in [1.165, 1.54) is 66.4 Å². The van der Waals surface area contributed by atoms with Gasteiger partial charge in [-0.1, -0.05) is 231 Å². The van der Waals surface area contributed by atoms with Crippen LogP contribution in [0.2, 0.25) is 0 Å². The number of para-hydroxylation sites is 3. The number of benzene rings is 12. The lowest BCUT2D eigenvalue weighted by Gasteiger charge is -2.34. The van der Waals surface area contributed by atoms with Crippen LogP contribution in [0.5, 0.6) is 11.5 Å². The minimum Gasteiger partial charge on any atom is -0.457 e. The summed E-state index contributed by atoms with van der Waals surface area (Å²) in [7, 11) is 0. The van der Waals surface area contributed by atoms with Crippen molar-refractivity contribution in [3.8, 4) is 84.1 Å². The zero-order valence-electron chi connectivity index (χ0n) is 51.2. The van der Waals surface area contributed by atoms with Gasteiger partial charge in [-0.3, -0.25) is 4.57 Å². The number of rotatable bonds is 11. The lowest BCUT2D eigenvalue weighted by Crippen LogP contribution is -2.58. The molecule has 0 N–H and O–H groups in total. The Bertz CT molecular complexity index is 4810. The number of aromatic nitrogens is 2. The Labute approximate surface area is 527 Å². The van der Waals surface area contributed by atoms with E-state index in [2.05, 4.69) is 334 Å². The van der Waals surface area contributed by atoms with E-state index in [0.29, 0.717) is 6.67 Å². The highest BCUT2D eigenvalue weighted by Gasteiger charge is 2.43. The Morgan fingerprint density at radius 2 is 0.867 bits per heavy atom. The number of aryl methyl sites for hydroxylation is 2. The van der Waals surface area contributed by atoms with E-state index in [4.69, 9.17) is 9.72 Å². The van der Waals surface area contributed by atoms with Gasteiger partial charge in [-0.15, -0.1) is 0 Å². The quantitative estimate of drug-likeness (QED) is 0.121. The topological polar surface area (TPSA) is 33.5 Å². The third-order valence-electron chi connectivity index (χ3n) is 18.6. The molecule has 0 spiro atoms. The number of ether oxygens (including phenoxy) is 1. The fourth-order valence-electron chi connectivity index (χ4n) is 14.3. The van der Waals surface area contributed by atoms with E-state index < -0.39 is 0 Å². The summed E-state index contributed by atoms with van der Waals surface area (Å²) in [5.74, 6) is 2.40. The summed E-state index contributed by atoms with van der Waals surface area (Å²) in [5.41, 5.74) is 28.2. The summed E-state index contributed by atoms with van der Waals surface area (Å²) in [6.07, 6.45) is 1.94. The Kier molecular flexibility index (Phi) is 13.3. The number of pyridine rings is 1. The highest BCUT2D eigenvalue weighted by Crippen LogP contribution is 2.52. The molecule has 6 heteroatoms. The van der Waals surface area contributed by atoms with Crippen molar-refractivity contribution in [2.24, 2.45) is 0 Å². The number of nitrogens with zero attached hydrogens (tertiary/aromatic N) is 4. The van der Waals surface area contributed by atoms with Gasteiger partial charge in [0.1, 0.15) is 24.0 Å². The van der Waals surface area contributed by atoms with Crippen LogP contribution in [0.1, 0.15) is 37.5 Å². The molecule has 430 valence electrons. The molecular weight excluding hydrogens is 1090 g/mol. The first-order valence-electron chi connectivity index (χ1n) is 31.3. The third-order valence-corrected chi connectivity index (χ3v) is 18.6. The molecule has 2 aromatic heterocycles. The van der Waals surface area contributed by atoms with Crippen molar-refractivity contribution in [1.29, 1.82) is 0 Å². The molecule has 0 amide bonds. The van der Waals surface area contributed by atoms with Crippen LogP contribution in [0.15, 0.2) is 291 Å². The maximum atomic E-state index is 7.19. The molecule has 0 aliphatic carbocycles. The smallest absolute Gasteiger partial charge is 0.247 e. The van der Waals surface area contributed by atoms with Gasteiger partial charge in [0, 0.05) is 45.9 Å². The number of fused-ring (bicyclic) bond motifs is 5. The monoisotopic (exact) mass is 1160 g/mol. The van der Waals surface area contributed by atoms with Gasteiger partial charge in [0.25, 0.3) is 0 Å². The lowest BCUT2D eigenvalue weighted by atomic mass is 9.34. The lowest BCUT2D eigenvalue weighted by molar-refractivity contribution is 0.483. The first kappa shape index (κ1) is 54.4. The Morgan fingerprint density at radius 3 is 1.44 bits per heavy atom. The Morgan fingerprint density at radius 1 is 0.378 bits per heavy atom. The highest BCUT2D eigenvalue weighted by molar-refractivity contribution is 6.98. The SMILES string of the molecule is Cc1cccc(C)c1B1c2ccc(Oc3ccc4c5ccccc5n(-c5cc(C(C)(C)C)ccn5)c4c3)cc2N2CN(c3c(-c4cc(-c5ccccc5)cc(-c5ccccc5)c4)cccc3-c3cc(-c4ccccc4)cc(-c4ccccc4)c3)c3cccc1c32. The zero-order valence-corrected chi connectivity index (χ0v) is 51.2. The van der Waals surface area contributed by atoms with E-state index in [1.807, 2.05) is 6.20 Å². The molecule has 16 rings (SSSR count). The predicted octanol–water partition coefficient (Wildman–Crippen LogP) is 20.0. The summed E-state index contributed by atoms with van der Waals surface area (Å²) in [4.78, 5) is 10.2. The van der Waals surface area contributed by atoms with Gasteiger partial charge < -0.3 is 14.5 Å². The average molecular weight is 1160 g/mol. The molecule has 0 unspecified atom stereocenters. The Balaban J connectivity index is 0.904. The molecule has 14 aromatic rings. The fourth-order valence-corrected chi connectivity index (χ4v) is 14.3. The summed E-state index contributed by atoms with van der Waals surface area (Å²) in [6.45, 7) is 11.8. The normalized spacial score (nSPS) is 12.6. The second-order valence-electron chi connectivity index (χ2n) is 25.2. The van der Waals surface area contributed by atoms with Crippen LogP contribution in [0, 0.1) is 13.8 Å². The third kappa shape index (κ3) is 9.55. The molecule has 0 bridgehead atoms. The van der Waals surface area contributed by atoms with E-state index in [1.54, 1.807) is 0 Å². The van der Waals surface area contributed by atoms with Crippen LogP contribution in [-0.4, -0.2) is 22.9 Å². The summed E-state index contributed by atoms with van der Waals surface area (Å²) >= 11 is 0. The van der Waals surface area contributed by atoms with Gasteiger partial charge in [0.15, 0.2) is 0 Å². The minimum atomic E-state index is -0.0495. The summed E-state index contributed by atoms with van der Waals surface area (Å²) < 4.78 is 9.48. The maximum Gasteiger partial charge on any atom is 0.247 e. The molecule has 2 aliphatic heterocycles. The molecule has 0 saturated carbocycles. The first-order chi connectivity index (χ1) is 44.1. The van der Waals surface area contributed by atoms with Crippen molar-refractivity contribution in [1.82, 2.24) is 9.55 Å². The van der Waals surface area contributed by atoms with E-state index in [9.17, 15) is 0 Å². The standard InChI is InChI=1S/C84H65BN4O/c1-55-23-20-24-56(2)81(55)85-74-42-40-69(90-68-39-41-73-72-33-18-19-37-76(72)89(78(73)52-68)80-51-67(43-44-86-80)84(3,4)5)53-79(74)88-54-87(77-38-22-36-75(85)83(77)88)82-70(65-47-61(57-25-10-6-11-26-57)45-62(48-65)58-27-12-7-13-28-58)34-21-35-71(82)66-49-63(59-29-14-8-15-30-59)46-64(50-66)60-31-16-9-17-32-60/h6-53H,54H2,1-5H3. The molecule has 4 heterocycles. The first-order valence-corrected chi connectivity index (χ1v) is 31.3. The van der Waals surface area contributed by atoms with Gasteiger partial charge in [-0.2, -0.15) is 0 Å². The van der Waals surface area contributed by atoms with Crippen molar-refractivity contribution in [2.45, 2.75) is 40.0 Å². The number of anilines is 4. The van der Waals surface area contributed by atoms with Gasteiger partial charge in [-0.05, 0) is 170 Å². The highest BCUT2D eigenvalue weighted by atomic mass is 16.5. The van der Waals surface area contributed by atoms with Gasteiger partial charge in [0.05, 0.1) is 28.1 Å². The molecular formula is C84H65BN4O. The van der Waals surface area contributed by atoms with Crippen molar-refractivity contribution < 1.29 is 4.74 Å². The van der Waals surface area contributed by atoms with Gasteiger partial charge >= 0.3 is 0 Å². The number of hydrogen-bond acceptors (Lipinski definition) is 4. The van der Waals surface area contributed by atoms with E-state index in [0.717, 1.165) is 95.3 Å². The molecule has 0 saturated heterocycles. The van der Waals surface area contributed by atoms with Gasteiger partial charge in [-0.25, -0.2) is 4.98 Å². The molecule has 90 heavy (non-hydrogen) atoms. The van der Waals surface area contributed by atoms with Crippen LogP contribution in [0.25, 0.3) is 94.4 Å². The Hall–Kier alpha value is -10.9. The molecule has 2 aliphatic rings. The van der Waals surface area contributed by atoms with Crippen LogP contribution in [0.3, 0.4) is 0 Å². The van der Waals surface area contributed by atoms with E-state index >= 15 is 0 Å². The van der Waals surface area contributed by atoms with Gasteiger partial charge in [0.2, 0.25) is 6.71 Å². The van der Waals surface area contributed by atoms with Crippen LogP contribution in [0.4, 0.5) is 22.7 Å². The average Bonchev–Trinajstić information content (AvgIpc) is 1.50. The number of hydrogen-bond donors (Lipinski definition) is 0. The molecule has 0 fully saturated rings. The fraction of sp³-hybridized carbons (Fsp3) is 0.0833. The largest absolute Gasteiger partial charge is 0.457 e. The molecule has 0 atom stereocenters. The summed E-state index contributed by atoms with van der Waals surface area (Å²) in [6, 6.07) is 105. The maximum absolute atomic E-state index is 7.19. The summed E-state index contributed by atoms with van der Waals surface area (Å²) in [5, 5.41) is 2.32. The predicted molar refractivity (Wildman–Crippen MR) is 379 cm³/mol. The van der Waals surface area contributed by atoms with Crippen molar-refractivity contribution >= 4 is 67.7 Å². The van der Waals surface area contributed by atoms with Crippen molar-refractivity contribution in [2.75, 3.05) is 16.5 Å².